The summed E-state index contributed by atoms with van der Waals surface area (Å²) in [4.78, 5) is 7.45. The van der Waals surface area contributed by atoms with Crippen molar-refractivity contribution < 1.29 is 12.8 Å². The molecule has 1 fully saturated rings. The Bertz CT molecular complexity index is 1280. The Kier molecular flexibility index (Phi) is 3.94. The van der Waals surface area contributed by atoms with Crippen LogP contribution in [0.1, 0.15) is 31.0 Å². The fourth-order valence-corrected chi connectivity index (χ4v) is 5.88. The first-order valence-corrected chi connectivity index (χ1v) is 10.8. The normalized spacial score (nSPS) is 20.3. The van der Waals surface area contributed by atoms with E-state index in [1.165, 1.54) is 18.2 Å². The molecule has 9 heteroatoms. The highest BCUT2D eigenvalue weighted by Crippen LogP contribution is 2.39. The maximum atomic E-state index is 13.4. The first-order chi connectivity index (χ1) is 13.5. The average Bonchev–Trinajstić information content (AvgIpc) is 3.39. The number of aromatic amines is 1. The molecule has 0 bridgehead atoms. The van der Waals surface area contributed by atoms with Crippen LogP contribution in [-0.4, -0.2) is 38.7 Å². The van der Waals surface area contributed by atoms with E-state index in [2.05, 4.69) is 20.2 Å². The van der Waals surface area contributed by atoms with E-state index in [1.807, 2.05) is 16.7 Å². The van der Waals surface area contributed by atoms with Gasteiger partial charge in [0.1, 0.15) is 11.6 Å². The lowest BCUT2D eigenvalue weighted by atomic mass is 10.1. The van der Waals surface area contributed by atoms with Crippen LogP contribution < -0.4 is 0 Å². The van der Waals surface area contributed by atoms with Crippen LogP contribution in [0.3, 0.4) is 0 Å². The Labute approximate surface area is 160 Å². The van der Waals surface area contributed by atoms with Crippen LogP contribution in [0.4, 0.5) is 4.39 Å². The zero-order valence-electron chi connectivity index (χ0n) is 14.9. The van der Waals surface area contributed by atoms with Crippen LogP contribution in [0.5, 0.6) is 0 Å². The lowest BCUT2D eigenvalue weighted by molar-refractivity contribution is 0.548. The summed E-state index contributed by atoms with van der Waals surface area (Å²) < 4.78 is 40.8. The predicted octanol–water partition coefficient (Wildman–Crippen LogP) is 3.10. The van der Waals surface area contributed by atoms with Crippen molar-refractivity contribution >= 4 is 26.6 Å². The van der Waals surface area contributed by atoms with E-state index in [0.29, 0.717) is 12.1 Å². The molecule has 0 aliphatic heterocycles. The van der Waals surface area contributed by atoms with Crippen LogP contribution in [0.25, 0.3) is 16.8 Å². The predicted molar refractivity (Wildman–Crippen MR) is 101 cm³/mol. The van der Waals surface area contributed by atoms with Crippen LogP contribution in [-0.2, 0) is 9.84 Å². The van der Waals surface area contributed by atoms with Gasteiger partial charge in [0.05, 0.1) is 22.4 Å². The fraction of sp³-hybridized carbons (Fsp3) is 0.316. The molecule has 2 atom stereocenters. The van der Waals surface area contributed by atoms with E-state index >= 15 is 0 Å². The Morgan fingerprint density at radius 3 is 2.96 bits per heavy atom. The molecule has 28 heavy (non-hydrogen) atoms. The molecule has 3 heterocycles. The molecule has 0 spiro atoms. The summed E-state index contributed by atoms with van der Waals surface area (Å²) in [6, 6.07) is 7.15. The highest BCUT2D eigenvalue weighted by molar-refractivity contribution is 7.91. The summed E-state index contributed by atoms with van der Waals surface area (Å²) in [6.45, 7) is 0. The van der Waals surface area contributed by atoms with Gasteiger partial charge in [0.2, 0.25) is 0 Å². The van der Waals surface area contributed by atoms with Crippen molar-refractivity contribution in [2.75, 3.05) is 5.75 Å². The lowest BCUT2D eigenvalue weighted by Gasteiger charge is -2.12. The Hall–Kier alpha value is -2.81. The molecule has 0 saturated heterocycles. The minimum absolute atomic E-state index is 0.00849. The summed E-state index contributed by atoms with van der Waals surface area (Å²) in [6.07, 6.45) is 5.84. The van der Waals surface area contributed by atoms with Gasteiger partial charge in [-0.2, -0.15) is 0 Å². The van der Waals surface area contributed by atoms with E-state index in [4.69, 9.17) is 0 Å². The molecule has 0 amide bonds. The van der Waals surface area contributed by atoms with Crippen molar-refractivity contribution in [1.82, 2.24) is 24.6 Å². The molecule has 4 aromatic rings. The molecule has 144 valence electrons. The topological polar surface area (TPSA) is 93.0 Å². The molecule has 1 N–H and O–H groups in total. The summed E-state index contributed by atoms with van der Waals surface area (Å²) >= 11 is 0. The van der Waals surface area contributed by atoms with Crippen LogP contribution in [0.2, 0.25) is 0 Å². The van der Waals surface area contributed by atoms with Gasteiger partial charge >= 0.3 is 0 Å². The monoisotopic (exact) mass is 399 g/mol. The summed E-state index contributed by atoms with van der Waals surface area (Å²) in [5.41, 5.74) is 2.35. The third-order valence-electron chi connectivity index (χ3n) is 5.48. The number of H-pyrrole nitrogens is 1. The van der Waals surface area contributed by atoms with Gasteiger partial charge < -0.3 is 4.98 Å². The Balaban J connectivity index is 1.41. The van der Waals surface area contributed by atoms with Crippen molar-refractivity contribution in [3.8, 4) is 0 Å². The first kappa shape index (κ1) is 17.3. The number of nitrogens with zero attached hydrogens (tertiary/aromatic N) is 4. The van der Waals surface area contributed by atoms with Crippen LogP contribution in [0.15, 0.2) is 47.6 Å². The number of hydrogen-bond acceptors (Lipinski definition) is 5. The number of fused-ring (bicyclic) bond motifs is 3. The van der Waals surface area contributed by atoms with E-state index in [1.54, 1.807) is 6.20 Å². The fourth-order valence-electron chi connectivity index (χ4n) is 4.19. The van der Waals surface area contributed by atoms with Crippen molar-refractivity contribution in [2.24, 2.45) is 5.92 Å². The molecular formula is C19H18FN5O2S. The number of aromatic nitrogens is 5. The van der Waals surface area contributed by atoms with Gasteiger partial charge in [0.25, 0.3) is 0 Å². The number of rotatable bonds is 4. The van der Waals surface area contributed by atoms with Gasteiger partial charge in [-0.3, -0.25) is 4.40 Å². The van der Waals surface area contributed by atoms with E-state index in [9.17, 15) is 12.8 Å². The number of benzene rings is 1. The van der Waals surface area contributed by atoms with E-state index in [-0.39, 0.29) is 22.5 Å². The number of sulfone groups is 1. The third kappa shape index (κ3) is 2.86. The van der Waals surface area contributed by atoms with Gasteiger partial charge in [-0.05, 0) is 49.4 Å². The van der Waals surface area contributed by atoms with Gasteiger partial charge in [-0.15, -0.1) is 10.2 Å². The van der Waals surface area contributed by atoms with Crippen LogP contribution >= 0.6 is 0 Å². The van der Waals surface area contributed by atoms with Crippen molar-refractivity contribution in [2.45, 2.75) is 30.1 Å². The van der Waals surface area contributed by atoms with Crippen molar-refractivity contribution in [3.05, 3.63) is 54.4 Å². The van der Waals surface area contributed by atoms with Crippen LogP contribution in [0, 0.1) is 11.7 Å². The molecule has 0 radical (unpaired) electrons. The highest BCUT2D eigenvalue weighted by Gasteiger charge is 2.33. The van der Waals surface area contributed by atoms with Gasteiger partial charge in [-0.1, -0.05) is 6.07 Å². The van der Waals surface area contributed by atoms with Gasteiger partial charge in [0.15, 0.2) is 21.1 Å². The Morgan fingerprint density at radius 1 is 1.21 bits per heavy atom. The third-order valence-corrected chi connectivity index (χ3v) is 7.37. The maximum Gasteiger partial charge on any atom is 0.179 e. The second-order valence-electron chi connectivity index (χ2n) is 7.34. The quantitative estimate of drug-likeness (QED) is 0.569. The number of hydrogen-bond donors (Lipinski definition) is 1. The zero-order chi connectivity index (χ0) is 19.3. The van der Waals surface area contributed by atoms with Gasteiger partial charge in [-0.25, -0.2) is 17.8 Å². The summed E-state index contributed by atoms with van der Waals surface area (Å²) in [5.74, 6) is 0.458. The van der Waals surface area contributed by atoms with Crippen molar-refractivity contribution in [1.29, 1.82) is 0 Å². The largest absolute Gasteiger partial charge is 0.345 e. The molecule has 1 aliphatic carbocycles. The standard InChI is InChI=1S/C19H18FN5O2S/c20-14-2-1-3-15(9-14)28(26,27)11-12-4-5-13(8-12)19-24-23-17-10-22-18-16(25(17)19)6-7-21-18/h1-3,6-7,9-10,12-13,21H,4-5,8,11H2/t12-,13+/m0/s1. The summed E-state index contributed by atoms with van der Waals surface area (Å²) in [7, 11) is -3.52. The first-order valence-electron chi connectivity index (χ1n) is 9.17. The second-order valence-corrected chi connectivity index (χ2v) is 9.37. The van der Waals surface area contributed by atoms with E-state index in [0.717, 1.165) is 35.9 Å². The molecule has 5 rings (SSSR count). The lowest BCUT2D eigenvalue weighted by Crippen LogP contribution is -2.15. The molecule has 3 aromatic heterocycles. The molecule has 1 saturated carbocycles. The number of nitrogens with one attached hydrogen (secondary N) is 1. The molecule has 0 unspecified atom stereocenters. The van der Waals surface area contributed by atoms with Crippen molar-refractivity contribution in [3.63, 3.8) is 0 Å². The number of halogens is 1. The Morgan fingerprint density at radius 2 is 2.11 bits per heavy atom. The van der Waals surface area contributed by atoms with Gasteiger partial charge in [0, 0.05) is 12.1 Å². The maximum absolute atomic E-state index is 13.4. The molecule has 7 nitrogen and oxygen atoms in total. The molecule has 1 aliphatic rings. The smallest absolute Gasteiger partial charge is 0.179 e. The second kappa shape index (κ2) is 6.37. The average molecular weight is 399 g/mol. The zero-order valence-corrected chi connectivity index (χ0v) is 15.7. The summed E-state index contributed by atoms with van der Waals surface area (Å²) in [5, 5.41) is 8.59. The highest BCUT2D eigenvalue weighted by atomic mass is 32.2. The SMILES string of the molecule is O=S(=O)(C[C@H]1CC[C@@H](c2nnc3cnc4[nH]ccc4n23)C1)c1cccc(F)c1. The minimum atomic E-state index is -3.52. The molecule has 1 aromatic carbocycles. The molecular weight excluding hydrogens is 381 g/mol. The van der Waals surface area contributed by atoms with E-state index < -0.39 is 15.7 Å². The minimum Gasteiger partial charge on any atom is -0.345 e.